The summed E-state index contributed by atoms with van der Waals surface area (Å²) in [7, 11) is 0. The fraction of sp³-hybridized carbons (Fsp3) is 0.333. The first-order chi connectivity index (χ1) is 6.38. The zero-order chi connectivity index (χ0) is 10.8. The number of hydrogen-bond donors (Lipinski definition) is 1. The van der Waals surface area contributed by atoms with Gasteiger partial charge >= 0.3 is 0 Å². The van der Waals surface area contributed by atoms with Gasteiger partial charge in [-0.1, -0.05) is 11.8 Å². The Hall–Kier alpha value is -1.49. The number of hydrogen-bond acceptors (Lipinski definition) is 1. The summed E-state index contributed by atoms with van der Waals surface area (Å²) in [5.74, 6) is 5.65. The molecule has 0 saturated heterocycles. The van der Waals surface area contributed by atoms with Crippen molar-refractivity contribution in [3.63, 3.8) is 0 Å². The molecular formula is C12H14FN. The fourth-order valence-electron chi connectivity index (χ4n) is 0.902. The molecule has 0 aliphatic heterocycles. The molecule has 0 saturated carbocycles. The highest BCUT2D eigenvalue weighted by atomic mass is 19.1. The molecule has 1 nitrogen and oxygen atoms in total. The molecule has 74 valence electrons. The van der Waals surface area contributed by atoms with Gasteiger partial charge in [-0.3, -0.25) is 0 Å². The van der Waals surface area contributed by atoms with Gasteiger partial charge in [-0.05, 0) is 39.0 Å². The first kappa shape index (κ1) is 10.6. The summed E-state index contributed by atoms with van der Waals surface area (Å²) in [6.07, 6.45) is 0. The molecular weight excluding hydrogens is 177 g/mol. The molecule has 0 heterocycles. The Bertz CT molecular complexity index is 391. The van der Waals surface area contributed by atoms with Gasteiger partial charge in [0.1, 0.15) is 5.82 Å². The number of nitrogens with two attached hydrogens (primary N) is 1. The molecule has 0 fully saturated rings. The maximum absolute atomic E-state index is 12.7. The van der Waals surface area contributed by atoms with Crippen LogP contribution < -0.4 is 5.73 Å². The average Bonchev–Trinajstić information content (AvgIpc) is 2.00. The summed E-state index contributed by atoms with van der Waals surface area (Å²) in [6.45, 7) is 6.04. The largest absolute Gasteiger partial charge is 0.398 e. The van der Waals surface area contributed by atoms with Crippen LogP contribution >= 0.6 is 0 Å². The van der Waals surface area contributed by atoms with Gasteiger partial charge in [-0.15, -0.1) is 0 Å². The van der Waals surface area contributed by atoms with E-state index in [1.807, 2.05) is 20.8 Å². The Labute approximate surface area is 84.1 Å². The van der Waals surface area contributed by atoms with Gasteiger partial charge in [0, 0.05) is 11.0 Å². The van der Waals surface area contributed by atoms with Crippen molar-refractivity contribution in [1.29, 1.82) is 0 Å². The van der Waals surface area contributed by atoms with Crippen LogP contribution in [0, 0.1) is 23.1 Å². The lowest BCUT2D eigenvalue weighted by atomic mass is 9.97. The maximum Gasteiger partial charge on any atom is 0.125 e. The van der Waals surface area contributed by atoms with E-state index in [0.29, 0.717) is 11.3 Å². The van der Waals surface area contributed by atoms with Crippen molar-refractivity contribution < 1.29 is 4.39 Å². The van der Waals surface area contributed by atoms with Crippen LogP contribution in [0.4, 0.5) is 10.1 Å². The Balaban J connectivity index is 3.02. The van der Waals surface area contributed by atoms with Gasteiger partial charge in [-0.25, -0.2) is 4.39 Å². The normalized spacial score (nSPS) is 10.6. The molecule has 0 aromatic heterocycles. The smallest absolute Gasteiger partial charge is 0.125 e. The van der Waals surface area contributed by atoms with Crippen LogP contribution in [0.25, 0.3) is 0 Å². The van der Waals surface area contributed by atoms with Crippen LogP contribution in [0.2, 0.25) is 0 Å². The van der Waals surface area contributed by atoms with E-state index in [1.54, 1.807) is 6.07 Å². The van der Waals surface area contributed by atoms with E-state index in [1.165, 1.54) is 12.1 Å². The molecule has 0 spiro atoms. The third-order valence-corrected chi connectivity index (χ3v) is 1.59. The highest BCUT2D eigenvalue weighted by Crippen LogP contribution is 2.14. The van der Waals surface area contributed by atoms with Gasteiger partial charge in [0.15, 0.2) is 0 Å². The van der Waals surface area contributed by atoms with Crippen LogP contribution in [-0.2, 0) is 0 Å². The second-order valence-corrected chi connectivity index (χ2v) is 4.23. The standard InChI is InChI=1S/C12H14FN/c1-12(2,3)7-6-9-4-5-10(13)8-11(9)14/h4-5,8H,14H2,1-3H3. The topological polar surface area (TPSA) is 26.0 Å². The molecule has 0 bridgehead atoms. The Morgan fingerprint density at radius 3 is 2.43 bits per heavy atom. The third-order valence-electron chi connectivity index (χ3n) is 1.59. The van der Waals surface area contributed by atoms with Crippen LogP contribution in [0.15, 0.2) is 18.2 Å². The molecule has 0 unspecified atom stereocenters. The number of rotatable bonds is 0. The summed E-state index contributed by atoms with van der Waals surface area (Å²) >= 11 is 0. The van der Waals surface area contributed by atoms with Crippen molar-refractivity contribution in [2.24, 2.45) is 5.41 Å². The molecule has 0 aliphatic rings. The minimum absolute atomic E-state index is 0.0686. The van der Waals surface area contributed by atoms with E-state index < -0.39 is 0 Å². The van der Waals surface area contributed by atoms with E-state index in [0.717, 1.165) is 0 Å². The van der Waals surface area contributed by atoms with Crippen molar-refractivity contribution in [2.75, 3.05) is 5.73 Å². The Kier molecular flexibility index (Phi) is 2.81. The molecule has 1 rings (SSSR count). The zero-order valence-electron chi connectivity index (χ0n) is 8.69. The molecule has 1 aromatic rings. The zero-order valence-corrected chi connectivity index (χ0v) is 8.69. The lowest BCUT2D eigenvalue weighted by Gasteiger charge is -2.07. The Morgan fingerprint density at radius 2 is 1.93 bits per heavy atom. The number of halogens is 1. The van der Waals surface area contributed by atoms with Gasteiger partial charge in [0.2, 0.25) is 0 Å². The Morgan fingerprint density at radius 1 is 1.29 bits per heavy atom. The van der Waals surface area contributed by atoms with E-state index in [9.17, 15) is 4.39 Å². The SMILES string of the molecule is CC(C)(C)C#Cc1ccc(F)cc1N. The van der Waals surface area contributed by atoms with Gasteiger partial charge in [0.05, 0.1) is 5.69 Å². The molecule has 0 radical (unpaired) electrons. The molecule has 2 heteroatoms. The van der Waals surface area contributed by atoms with E-state index in [-0.39, 0.29) is 11.2 Å². The van der Waals surface area contributed by atoms with Crippen LogP contribution in [-0.4, -0.2) is 0 Å². The number of anilines is 1. The quantitative estimate of drug-likeness (QED) is 0.495. The lowest BCUT2D eigenvalue weighted by Crippen LogP contribution is -2.00. The number of nitrogen functional groups attached to an aromatic ring is 1. The van der Waals surface area contributed by atoms with Crippen LogP contribution in [0.5, 0.6) is 0 Å². The van der Waals surface area contributed by atoms with E-state index >= 15 is 0 Å². The van der Waals surface area contributed by atoms with Gasteiger partial charge in [0.25, 0.3) is 0 Å². The highest BCUT2D eigenvalue weighted by molar-refractivity contribution is 5.56. The summed E-state index contributed by atoms with van der Waals surface area (Å²) < 4.78 is 12.7. The van der Waals surface area contributed by atoms with E-state index in [2.05, 4.69) is 11.8 Å². The minimum Gasteiger partial charge on any atom is -0.398 e. The molecule has 0 atom stereocenters. The molecule has 0 amide bonds. The second-order valence-electron chi connectivity index (χ2n) is 4.23. The van der Waals surface area contributed by atoms with Crippen molar-refractivity contribution >= 4 is 5.69 Å². The molecule has 2 N–H and O–H groups in total. The first-order valence-corrected chi connectivity index (χ1v) is 4.47. The lowest BCUT2D eigenvalue weighted by molar-refractivity contribution is 0.571. The second kappa shape index (κ2) is 3.71. The first-order valence-electron chi connectivity index (χ1n) is 4.47. The molecule has 14 heavy (non-hydrogen) atoms. The predicted octanol–water partition coefficient (Wildman–Crippen LogP) is 2.81. The highest BCUT2D eigenvalue weighted by Gasteiger charge is 2.04. The average molecular weight is 191 g/mol. The van der Waals surface area contributed by atoms with Gasteiger partial charge in [-0.2, -0.15) is 0 Å². The summed E-state index contributed by atoms with van der Waals surface area (Å²) in [5.41, 5.74) is 6.61. The molecule has 0 aliphatic carbocycles. The van der Waals surface area contributed by atoms with Crippen molar-refractivity contribution in [1.82, 2.24) is 0 Å². The van der Waals surface area contributed by atoms with Crippen molar-refractivity contribution in [3.05, 3.63) is 29.6 Å². The minimum atomic E-state index is -0.330. The monoisotopic (exact) mass is 191 g/mol. The fourth-order valence-corrected chi connectivity index (χ4v) is 0.902. The summed E-state index contributed by atoms with van der Waals surface area (Å²) in [5, 5.41) is 0. The maximum atomic E-state index is 12.7. The molecule has 1 aromatic carbocycles. The van der Waals surface area contributed by atoms with Crippen LogP contribution in [0.1, 0.15) is 26.3 Å². The third kappa shape index (κ3) is 3.10. The van der Waals surface area contributed by atoms with Crippen molar-refractivity contribution in [3.8, 4) is 11.8 Å². The summed E-state index contributed by atoms with van der Waals surface area (Å²) in [6, 6.07) is 4.25. The van der Waals surface area contributed by atoms with E-state index in [4.69, 9.17) is 5.73 Å². The predicted molar refractivity (Wildman–Crippen MR) is 57.1 cm³/mol. The van der Waals surface area contributed by atoms with Crippen LogP contribution in [0.3, 0.4) is 0 Å². The number of benzene rings is 1. The van der Waals surface area contributed by atoms with Crippen molar-refractivity contribution in [2.45, 2.75) is 20.8 Å². The van der Waals surface area contributed by atoms with Gasteiger partial charge < -0.3 is 5.73 Å². The summed E-state index contributed by atoms with van der Waals surface area (Å²) in [4.78, 5) is 0.